The maximum atomic E-state index is 13.6. The molecule has 0 atom stereocenters. The van der Waals surface area contributed by atoms with Crippen molar-refractivity contribution >= 4 is 5.91 Å². The zero-order chi connectivity index (χ0) is 16.3. The van der Waals surface area contributed by atoms with Gasteiger partial charge in [-0.1, -0.05) is 24.3 Å². The Morgan fingerprint density at radius 3 is 2.18 bits per heavy atom. The summed E-state index contributed by atoms with van der Waals surface area (Å²) in [4.78, 5) is 13.4. The van der Waals surface area contributed by atoms with E-state index in [1.54, 1.807) is 6.07 Å². The first-order valence-electron chi connectivity index (χ1n) is 6.45. The van der Waals surface area contributed by atoms with Crippen LogP contribution in [0, 0.1) is 5.82 Å². The number of carbonyl (C=O) groups is 1. The third-order valence-electron chi connectivity index (χ3n) is 3.15. The van der Waals surface area contributed by atoms with Crippen LogP contribution in [0.5, 0.6) is 0 Å². The molecule has 0 N–H and O–H groups in total. The number of benzene rings is 2. The lowest BCUT2D eigenvalue weighted by molar-refractivity contribution is -0.137. The largest absolute Gasteiger partial charge is 0.416 e. The van der Waals surface area contributed by atoms with Crippen LogP contribution in [0.25, 0.3) is 0 Å². The van der Waals surface area contributed by atoms with Gasteiger partial charge in [-0.2, -0.15) is 13.2 Å². The fourth-order valence-electron chi connectivity index (χ4n) is 1.99. The molecule has 0 fully saturated rings. The summed E-state index contributed by atoms with van der Waals surface area (Å²) in [6.45, 7) is 0.0886. The molecule has 2 rings (SSSR count). The molecular weight excluding hydrogens is 298 g/mol. The fraction of sp³-hybridized carbons (Fsp3) is 0.188. The lowest BCUT2D eigenvalue weighted by Gasteiger charge is -2.18. The maximum Gasteiger partial charge on any atom is 0.416 e. The van der Waals surface area contributed by atoms with E-state index < -0.39 is 23.5 Å². The van der Waals surface area contributed by atoms with Crippen LogP contribution in [0.15, 0.2) is 48.5 Å². The first kappa shape index (κ1) is 16.0. The summed E-state index contributed by atoms with van der Waals surface area (Å²) < 4.78 is 51.0. The van der Waals surface area contributed by atoms with E-state index in [0.29, 0.717) is 5.56 Å². The van der Waals surface area contributed by atoms with Gasteiger partial charge in [0.2, 0.25) is 0 Å². The molecule has 2 nitrogen and oxygen atoms in total. The van der Waals surface area contributed by atoms with Crippen molar-refractivity contribution in [1.29, 1.82) is 0 Å². The van der Waals surface area contributed by atoms with Crippen molar-refractivity contribution < 1.29 is 22.4 Å². The predicted molar refractivity (Wildman–Crippen MR) is 73.6 cm³/mol. The van der Waals surface area contributed by atoms with Gasteiger partial charge in [0.05, 0.1) is 11.1 Å². The molecule has 0 aromatic heterocycles. The molecule has 2 aromatic carbocycles. The van der Waals surface area contributed by atoms with Crippen molar-refractivity contribution in [3.63, 3.8) is 0 Å². The summed E-state index contributed by atoms with van der Waals surface area (Å²) in [7, 11) is 1.46. The number of alkyl halides is 3. The summed E-state index contributed by atoms with van der Waals surface area (Å²) >= 11 is 0. The zero-order valence-corrected chi connectivity index (χ0v) is 11.7. The Labute approximate surface area is 125 Å². The quantitative estimate of drug-likeness (QED) is 0.781. The van der Waals surface area contributed by atoms with Gasteiger partial charge in [0.15, 0.2) is 0 Å². The van der Waals surface area contributed by atoms with Crippen LogP contribution in [-0.4, -0.2) is 17.9 Å². The lowest BCUT2D eigenvalue weighted by Crippen LogP contribution is -2.27. The minimum atomic E-state index is -4.40. The molecule has 0 unspecified atom stereocenters. The van der Waals surface area contributed by atoms with E-state index in [1.165, 1.54) is 42.3 Å². The Bertz CT molecular complexity index is 665. The highest BCUT2D eigenvalue weighted by Gasteiger charge is 2.30. The Morgan fingerprint density at radius 2 is 1.64 bits per heavy atom. The number of nitrogens with zero attached hydrogens (tertiary/aromatic N) is 1. The van der Waals surface area contributed by atoms with E-state index in [-0.39, 0.29) is 12.1 Å². The number of amides is 1. The van der Waals surface area contributed by atoms with Crippen molar-refractivity contribution in [2.45, 2.75) is 12.7 Å². The van der Waals surface area contributed by atoms with E-state index in [1.807, 2.05) is 0 Å². The molecule has 1 amide bonds. The second-order valence-corrected chi connectivity index (χ2v) is 4.84. The van der Waals surface area contributed by atoms with Gasteiger partial charge < -0.3 is 4.90 Å². The first-order valence-corrected chi connectivity index (χ1v) is 6.45. The van der Waals surface area contributed by atoms with Gasteiger partial charge in [0.25, 0.3) is 5.91 Å². The number of rotatable bonds is 3. The smallest absolute Gasteiger partial charge is 0.337 e. The molecule has 2 aromatic rings. The first-order chi connectivity index (χ1) is 10.3. The molecule has 0 radical (unpaired) electrons. The SMILES string of the molecule is CN(Cc1ccc(C(F)(F)F)cc1)C(=O)c1ccccc1F. The Kier molecular flexibility index (Phi) is 4.49. The van der Waals surface area contributed by atoms with Gasteiger partial charge in [0, 0.05) is 13.6 Å². The average molecular weight is 311 g/mol. The maximum absolute atomic E-state index is 13.6. The highest BCUT2D eigenvalue weighted by Crippen LogP contribution is 2.29. The van der Waals surface area contributed by atoms with E-state index in [9.17, 15) is 22.4 Å². The number of hydrogen-bond donors (Lipinski definition) is 0. The molecule has 0 aliphatic heterocycles. The second kappa shape index (κ2) is 6.17. The zero-order valence-electron chi connectivity index (χ0n) is 11.7. The third-order valence-corrected chi connectivity index (χ3v) is 3.15. The Hall–Kier alpha value is -2.37. The van der Waals surface area contributed by atoms with Crippen LogP contribution in [-0.2, 0) is 12.7 Å². The van der Waals surface area contributed by atoms with Crippen molar-refractivity contribution in [2.75, 3.05) is 7.05 Å². The summed E-state index contributed by atoms with van der Waals surface area (Å²) in [5.41, 5.74) is -0.295. The highest BCUT2D eigenvalue weighted by atomic mass is 19.4. The molecular formula is C16H13F4NO. The Morgan fingerprint density at radius 1 is 1.05 bits per heavy atom. The van der Waals surface area contributed by atoms with Gasteiger partial charge in [-0.3, -0.25) is 4.79 Å². The molecule has 0 aliphatic carbocycles. The topological polar surface area (TPSA) is 20.3 Å². The molecule has 6 heteroatoms. The second-order valence-electron chi connectivity index (χ2n) is 4.84. The monoisotopic (exact) mass is 311 g/mol. The molecule has 0 heterocycles. The van der Waals surface area contributed by atoms with E-state index in [4.69, 9.17) is 0 Å². The van der Waals surface area contributed by atoms with Crippen molar-refractivity contribution in [3.05, 3.63) is 71.0 Å². The van der Waals surface area contributed by atoms with Crippen molar-refractivity contribution in [3.8, 4) is 0 Å². The van der Waals surface area contributed by atoms with Gasteiger partial charge in [-0.15, -0.1) is 0 Å². The average Bonchev–Trinajstić information content (AvgIpc) is 2.46. The molecule has 22 heavy (non-hydrogen) atoms. The molecule has 0 saturated heterocycles. The molecule has 0 spiro atoms. The van der Waals surface area contributed by atoms with Crippen LogP contribution < -0.4 is 0 Å². The van der Waals surface area contributed by atoms with Crippen LogP contribution in [0.2, 0.25) is 0 Å². The number of hydrogen-bond acceptors (Lipinski definition) is 1. The summed E-state index contributed by atoms with van der Waals surface area (Å²) in [6, 6.07) is 10.1. The molecule has 0 aliphatic rings. The number of halogens is 4. The molecule has 0 saturated carbocycles. The Balaban J connectivity index is 2.10. The summed E-state index contributed by atoms with van der Waals surface area (Å²) in [5.74, 6) is -1.16. The normalized spacial score (nSPS) is 11.3. The summed E-state index contributed by atoms with van der Waals surface area (Å²) in [5, 5.41) is 0. The predicted octanol–water partition coefficient (Wildman–Crippen LogP) is 4.12. The van der Waals surface area contributed by atoms with Gasteiger partial charge in [-0.25, -0.2) is 4.39 Å². The number of carbonyl (C=O) groups excluding carboxylic acids is 1. The minimum absolute atomic E-state index is 0.0723. The summed E-state index contributed by atoms with van der Waals surface area (Å²) in [6.07, 6.45) is -4.40. The standard InChI is InChI=1S/C16H13F4NO/c1-21(15(22)13-4-2-3-5-14(13)17)10-11-6-8-12(9-7-11)16(18,19)20/h2-9H,10H2,1H3. The van der Waals surface area contributed by atoms with E-state index in [2.05, 4.69) is 0 Å². The molecule has 116 valence electrons. The van der Waals surface area contributed by atoms with Crippen LogP contribution in [0.3, 0.4) is 0 Å². The van der Waals surface area contributed by atoms with Crippen LogP contribution in [0.1, 0.15) is 21.5 Å². The fourth-order valence-corrected chi connectivity index (χ4v) is 1.99. The van der Waals surface area contributed by atoms with Gasteiger partial charge >= 0.3 is 6.18 Å². The van der Waals surface area contributed by atoms with Gasteiger partial charge in [-0.05, 0) is 29.8 Å². The van der Waals surface area contributed by atoms with E-state index in [0.717, 1.165) is 12.1 Å². The van der Waals surface area contributed by atoms with Crippen LogP contribution in [0.4, 0.5) is 17.6 Å². The lowest BCUT2D eigenvalue weighted by atomic mass is 10.1. The van der Waals surface area contributed by atoms with Crippen molar-refractivity contribution in [2.24, 2.45) is 0 Å². The highest BCUT2D eigenvalue weighted by molar-refractivity contribution is 5.94. The van der Waals surface area contributed by atoms with E-state index >= 15 is 0 Å². The van der Waals surface area contributed by atoms with Crippen molar-refractivity contribution in [1.82, 2.24) is 4.90 Å². The third kappa shape index (κ3) is 3.63. The van der Waals surface area contributed by atoms with Crippen LogP contribution >= 0.6 is 0 Å². The minimum Gasteiger partial charge on any atom is -0.337 e. The molecule has 0 bridgehead atoms. The van der Waals surface area contributed by atoms with Gasteiger partial charge in [0.1, 0.15) is 5.82 Å².